The number of carbonyl (C=O) groups is 2. The number of halogens is 1. The van der Waals surface area contributed by atoms with E-state index in [4.69, 9.17) is 4.74 Å². The van der Waals surface area contributed by atoms with Crippen molar-refractivity contribution in [2.24, 2.45) is 11.8 Å². The molecule has 1 aromatic rings. The maximum atomic E-state index is 13.2. The molecule has 7 heteroatoms. The molecular weight excluding hydrogens is 355 g/mol. The van der Waals surface area contributed by atoms with E-state index in [9.17, 15) is 14.0 Å². The Labute approximate surface area is 155 Å². The van der Waals surface area contributed by atoms with Crippen molar-refractivity contribution in [3.8, 4) is 0 Å². The summed E-state index contributed by atoms with van der Waals surface area (Å²) >= 11 is 1.85. The fraction of sp³-hybridized carbons (Fsp3) is 0.474. The third kappa shape index (κ3) is 2.26. The van der Waals surface area contributed by atoms with E-state index in [0.29, 0.717) is 12.2 Å². The van der Waals surface area contributed by atoms with Crippen LogP contribution in [0.25, 0.3) is 0 Å². The first-order valence-electron chi connectivity index (χ1n) is 8.90. The van der Waals surface area contributed by atoms with Crippen molar-refractivity contribution in [1.82, 2.24) is 4.90 Å². The molecule has 26 heavy (non-hydrogen) atoms. The van der Waals surface area contributed by atoms with Crippen LogP contribution in [0.4, 0.5) is 10.1 Å². The summed E-state index contributed by atoms with van der Waals surface area (Å²) in [6.45, 7) is 1.83. The van der Waals surface area contributed by atoms with Crippen LogP contribution >= 0.6 is 11.8 Å². The van der Waals surface area contributed by atoms with Crippen molar-refractivity contribution in [1.29, 1.82) is 0 Å². The highest BCUT2D eigenvalue weighted by molar-refractivity contribution is 7.99. The molecule has 3 saturated heterocycles. The van der Waals surface area contributed by atoms with Gasteiger partial charge < -0.3 is 14.5 Å². The second-order valence-electron chi connectivity index (χ2n) is 7.24. The molecular formula is C19H19FN2O3S. The second-order valence-corrected chi connectivity index (χ2v) is 8.46. The molecule has 4 aliphatic heterocycles. The van der Waals surface area contributed by atoms with E-state index < -0.39 is 17.4 Å². The fourth-order valence-corrected chi connectivity index (χ4v) is 5.52. The highest BCUT2D eigenvalue weighted by Crippen LogP contribution is 2.53. The van der Waals surface area contributed by atoms with Gasteiger partial charge in [0.25, 0.3) is 0 Å². The Morgan fingerprint density at radius 3 is 2.69 bits per heavy atom. The zero-order valence-corrected chi connectivity index (χ0v) is 15.0. The van der Waals surface area contributed by atoms with Gasteiger partial charge >= 0.3 is 0 Å². The Balaban J connectivity index is 1.46. The molecule has 1 spiro atoms. The lowest BCUT2D eigenvalue weighted by Gasteiger charge is -2.32. The number of amides is 2. The number of rotatable bonds is 2. The number of carbonyl (C=O) groups excluding carboxylic acids is 2. The predicted octanol–water partition coefficient (Wildman–Crippen LogP) is 1.69. The standard InChI is InChI=1S/C19H19FN2O3S/c20-12-1-3-13(4-2-12)22-11-19-6-5-14(25-19)15(16(19)18(22)24)17(23)21-7-9-26-10-8-21/h1-6,14-16H,7-11H2/t14-,15?,16?,19-/m0/s1. The maximum absolute atomic E-state index is 13.2. The van der Waals surface area contributed by atoms with Crippen LogP contribution in [0.2, 0.25) is 0 Å². The van der Waals surface area contributed by atoms with E-state index >= 15 is 0 Å². The average molecular weight is 374 g/mol. The van der Waals surface area contributed by atoms with E-state index in [1.165, 1.54) is 12.1 Å². The molecule has 4 heterocycles. The van der Waals surface area contributed by atoms with Gasteiger partial charge in [-0.25, -0.2) is 4.39 Å². The summed E-state index contributed by atoms with van der Waals surface area (Å²) in [4.78, 5) is 29.8. The molecule has 0 aliphatic carbocycles. The van der Waals surface area contributed by atoms with Crippen LogP contribution in [0.1, 0.15) is 0 Å². The average Bonchev–Trinajstić information content (AvgIpc) is 3.31. The predicted molar refractivity (Wildman–Crippen MR) is 96.4 cm³/mol. The van der Waals surface area contributed by atoms with Crippen LogP contribution in [0.5, 0.6) is 0 Å². The van der Waals surface area contributed by atoms with Gasteiger partial charge in [-0.1, -0.05) is 12.2 Å². The number of ether oxygens (including phenoxy) is 1. The zero-order valence-electron chi connectivity index (χ0n) is 14.1. The minimum atomic E-state index is -0.735. The van der Waals surface area contributed by atoms with E-state index in [1.54, 1.807) is 17.0 Å². The Bertz CT molecular complexity index is 792. The number of benzene rings is 1. The molecule has 0 aromatic heterocycles. The lowest BCUT2D eigenvalue weighted by Crippen LogP contribution is -2.48. The second kappa shape index (κ2) is 5.82. The van der Waals surface area contributed by atoms with E-state index in [2.05, 4.69) is 0 Å². The summed E-state index contributed by atoms with van der Waals surface area (Å²) in [5.41, 5.74) is -0.0951. The summed E-state index contributed by atoms with van der Waals surface area (Å²) < 4.78 is 19.4. The van der Waals surface area contributed by atoms with Crippen molar-refractivity contribution < 1.29 is 18.7 Å². The van der Waals surface area contributed by atoms with Gasteiger partial charge in [0, 0.05) is 30.3 Å². The van der Waals surface area contributed by atoms with Crippen molar-refractivity contribution in [3.63, 3.8) is 0 Å². The molecule has 4 atom stereocenters. The Morgan fingerprint density at radius 1 is 1.23 bits per heavy atom. The SMILES string of the molecule is O=C(C1C2C(=O)N(c3ccc(F)cc3)C[C@@]23C=C[C@@H]1O3)N1CCSCC1. The molecule has 2 unspecified atom stereocenters. The number of anilines is 1. The number of hydrogen-bond acceptors (Lipinski definition) is 4. The van der Waals surface area contributed by atoms with E-state index in [0.717, 1.165) is 24.6 Å². The van der Waals surface area contributed by atoms with Crippen LogP contribution in [0.15, 0.2) is 36.4 Å². The van der Waals surface area contributed by atoms with Crippen LogP contribution < -0.4 is 4.90 Å². The smallest absolute Gasteiger partial charge is 0.234 e. The van der Waals surface area contributed by atoms with Gasteiger partial charge in [0.1, 0.15) is 11.4 Å². The summed E-state index contributed by atoms with van der Waals surface area (Å²) in [6, 6.07) is 5.88. The number of thioether (sulfide) groups is 1. The maximum Gasteiger partial charge on any atom is 0.234 e. The quantitative estimate of drug-likeness (QED) is 0.740. The van der Waals surface area contributed by atoms with Gasteiger partial charge in [-0.05, 0) is 24.3 Å². The molecule has 136 valence electrons. The van der Waals surface area contributed by atoms with Gasteiger partial charge in [0.2, 0.25) is 11.8 Å². The largest absolute Gasteiger partial charge is 0.360 e. The molecule has 0 N–H and O–H groups in total. The molecule has 3 fully saturated rings. The van der Waals surface area contributed by atoms with Gasteiger partial charge in [-0.3, -0.25) is 9.59 Å². The van der Waals surface area contributed by atoms with Gasteiger partial charge in [0.05, 0.1) is 24.5 Å². The highest BCUT2D eigenvalue weighted by Gasteiger charge is 2.67. The lowest BCUT2D eigenvalue weighted by atomic mass is 9.76. The summed E-state index contributed by atoms with van der Waals surface area (Å²) in [5, 5.41) is 0. The first-order valence-corrected chi connectivity index (χ1v) is 10.1. The number of nitrogens with zero attached hydrogens (tertiary/aromatic N) is 2. The van der Waals surface area contributed by atoms with Gasteiger partial charge in [0.15, 0.2) is 0 Å². The van der Waals surface area contributed by atoms with Crippen LogP contribution in [-0.4, -0.2) is 59.6 Å². The Kier molecular flexibility index (Phi) is 3.66. The molecule has 2 amide bonds. The summed E-state index contributed by atoms with van der Waals surface area (Å²) in [6.07, 6.45) is 3.56. The van der Waals surface area contributed by atoms with E-state index in [1.807, 2.05) is 28.8 Å². The molecule has 0 radical (unpaired) electrons. The molecule has 4 aliphatic rings. The van der Waals surface area contributed by atoms with Gasteiger partial charge in [-0.2, -0.15) is 11.8 Å². The number of fused-ring (bicyclic) bond motifs is 1. The fourth-order valence-electron chi connectivity index (χ4n) is 4.61. The third-order valence-corrected chi connectivity index (χ3v) is 6.79. The molecule has 5 rings (SSSR count). The molecule has 1 aromatic carbocycles. The minimum Gasteiger partial charge on any atom is -0.360 e. The number of hydrogen-bond donors (Lipinski definition) is 0. The van der Waals surface area contributed by atoms with Crippen molar-refractivity contribution in [2.75, 3.05) is 36.0 Å². The molecule has 0 saturated carbocycles. The first kappa shape index (κ1) is 16.3. The highest BCUT2D eigenvalue weighted by atomic mass is 32.2. The van der Waals surface area contributed by atoms with Crippen LogP contribution in [0, 0.1) is 17.7 Å². The first-order chi connectivity index (χ1) is 12.6. The molecule has 5 nitrogen and oxygen atoms in total. The van der Waals surface area contributed by atoms with Crippen LogP contribution in [0.3, 0.4) is 0 Å². The monoisotopic (exact) mass is 374 g/mol. The van der Waals surface area contributed by atoms with Crippen molar-refractivity contribution >= 4 is 29.3 Å². The summed E-state index contributed by atoms with van der Waals surface area (Å²) in [5.74, 6) is 0.503. The van der Waals surface area contributed by atoms with E-state index in [-0.39, 0.29) is 23.7 Å². The van der Waals surface area contributed by atoms with Gasteiger partial charge in [-0.15, -0.1) is 0 Å². The minimum absolute atomic E-state index is 0.0285. The lowest BCUT2D eigenvalue weighted by molar-refractivity contribution is -0.140. The normalized spacial score (nSPS) is 35.3. The van der Waals surface area contributed by atoms with Crippen LogP contribution in [-0.2, 0) is 14.3 Å². The zero-order chi connectivity index (χ0) is 17.9. The van der Waals surface area contributed by atoms with Crippen molar-refractivity contribution in [2.45, 2.75) is 11.7 Å². The Morgan fingerprint density at radius 2 is 1.96 bits per heavy atom. The molecule has 2 bridgehead atoms. The third-order valence-electron chi connectivity index (χ3n) is 5.85. The summed E-state index contributed by atoms with van der Waals surface area (Å²) in [7, 11) is 0. The Hall–Kier alpha value is -1.86. The topological polar surface area (TPSA) is 49.9 Å². The van der Waals surface area contributed by atoms with Crippen molar-refractivity contribution in [3.05, 3.63) is 42.2 Å².